The Balaban J connectivity index is 0.000000956. The molecule has 3 atom stereocenters. The van der Waals surface area contributed by atoms with E-state index in [0.29, 0.717) is 31.6 Å². The molecule has 0 amide bonds. The zero-order chi connectivity index (χ0) is 15.1. The number of carboxylic acids is 1. The Kier molecular flexibility index (Phi) is 6.68. The number of ether oxygens (including phenoxy) is 1. The van der Waals surface area contributed by atoms with Crippen molar-refractivity contribution in [1.82, 2.24) is 5.32 Å². The standard InChI is InChI=1S/C14H19NO3.C2H6/c1-3-5-9(4-2)6-15-13(14(16)17)12-10-7-18-8-11(10)12;1-2/h3-5,10-13,15H,1-2,6-8H2,(H,16,17);1-2H3/b9-5+;. The Bertz CT molecular complexity index is 379. The van der Waals surface area contributed by atoms with E-state index in [-0.39, 0.29) is 5.92 Å². The number of fused-ring (bicyclic) bond motifs is 1. The molecule has 0 radical (unpaired) electrons. The van der Waals surface area contributed by atoms with Crippen LogP contribution in [0.5, 0.6) is 0 Å². The number of allylic oxidation sites excluding steroid dienone is 2. The molecule has 1 saturated heterocycles. The summed E-state index contributed by atoms with van der Waals surface area (Å²) >= 11 is 0. The fourth-order valence-corrected chi connectivity index (χ4v) is 2.75. The van der Waals surface area contributed by atoms with Crippen LogP contribution >= 0.6 is 0 Å². The van der Waals surface area contributed by atoms with Gasteiger partial charge in [-0.25, -0.2) is 0 Å². The smallest absolute Gasteiger partial charge is 0.321 e. The number of hydrogen-bond donors (Lipinski definition) is 2. The third-order valence-electron chi connectivity index (χ3n) is 3.79. The molecule has 2 N–H and O–H groups in total. The van der Waals surface area contributed by atoms with Crippen LogP contribution in [-0.2, 0) is 9.53 Å². The average molecular weight is 279 g/mol. The highest BCUT2D eigenvalue weighted by molar-refractivity contribution is 5.74. The first-order valence-corrected chi connectivity index (χ1v) is 7.17. The second kappa shape index (κ2) is 8.02. The van der Waals surface area contributed by atoms with Crippen LogP contribution in [0.4, 0.5) is 0 Å². The topological polar surface area (TPSA) is 58.6 Å². The monoisotopic (exact) mass is 279 g/mol. The van der Waals surface area contributed by atoms with Gasteiger partial charge in [-0.15, -0.1) is 0 Å². The van der Waals surface area contributed by atoms with E-state index in [1.165, 1.54) is 0 Å². The van der Waals surface area contributed by atoms with E-state index in [1.54, 1.807) is 12.2 Å². The van der Waals surface area contributed by atoms with Gasteiger partial charge in [-0.05, 0) is 23.3 Å². The van der Waals surface area contributed by atoms with Crippen LogP contribution in [-0.4, -0.2) is 36.9 Å². The van der Waals surface area contributed by atoms with E-state index in [9.17, 15) is 9.90 Å². The third-order valence-corrected chi connectivity index (χ3v) is 3.79. The molecule has 4 heteroatoms. The number of nitrogens with one attached hydrogen (secondary N) is 1. The van der Waals surface area contributed by atoms with Crippen molar-refractivity contribution in [2.75, 3.05) is 19.8 Å². The number of hydrogen-bond acceptors (Lipinski definition) is 3. The van der Waals surface area contributed by atoms with Crippen molar-refractivity contribution in [3.8, 4) is 0 Å². The molecular formula is C16H25NO3. The third kappa shape index (κ3) is 3.81. The van der Waals surface area contributed by atoms with Crippen LogP contribution in [0.1, 0.15) is 13.8 Å². The van der Waals surface area contributed by atoms with Crippen molar-refractivity contribution in [2.45, 2.75) is 19.9 Å². The molecule has 2 aliphatic rings. The zero-order valence-electron chi connectivity index (χ0n) is 12.3. The zero-order valence-corrected chi connectivity index (χ0v) is 12.3. The molecule has 1 aliphatic carbocycles. The van der Waals surface area contributed by atoms with Gasteiger partial charge in [0.05, 0.1) is 13.2 Å². The maximum Gasteiger partial charge on any atom is 0.321 e. The summed E-state index contributed by atoms with van der Waals surface area (Å²) < 4.78 is 5.29. The van der Waals surface area contributed by atoms with E-state index < -0.39 is 12.0 Å². The summed E-state index contributed by atoms with van der Waals surface area (Å²) in [7, 11) is 0. The summed E-state index contributed by atoms with van der Waals surface area (Å²) in [5.74, 6) is 0.283. The molecule has 2 rings (SSSR count). The predicted octanol–water partition coefficient (Wildman–Crippen LogP) is 2.25. The van der Waals surface area contributed by atoms with Crippen LogP contribution in [0.15, 0.2) is 37.0 Å². The van der Waals surface area contributed by atoms with Crippen molar-refractivity contribution >= 4 is 5.97 Å². The largest absolute Gasteiger partial charge is 0.480 e. The Morgan fingerprint density at radius 3 is 2.45 bits per heavy atom. The summed E-state index contributed by atoms with van der Waals surface area (Å²) in [5.41, 5.74) is 0.943. The molecule has 1 saturated carbocycles. The van der Waals surface area contributed by atoms with Crippen LogP contribution < -0.4 is 5.32 Å². The maximum atomic E-state index is 11.3. The molecule has 0 spiro atoms. The first kappa shape index (κ1) is 16.7. The van der Waals surface area contributed by atoms with Gasteiger partial charge in [0.15, 0.2) is 0 Å². The van der Waals surface area contributed by atoms with Crippen LogP contribution in [0.25, 0.3) is 0 Å². The Morgan fingerprint density at radius 2 is 2.00 bits per heavy atom. The van der Waals surface area contributed by atoms with Gasteiger partial charge in [-0.3, -0.25) is 4.79 Å². The molecule has 1 aliphatic heterocycles. The molecule has 1 heterocycles. The van der Waals surface area contributed by atoms with Crippen molar-refractivity contribution in [1.29, 1.82) is 0 Å². The fraction of sp³-hybridized carbons (Fsp3) is 0.562. The van der Waals surface area contributed by atoms with Gasteiger partial charge in [-0.2, -0.15) is 0 Å². The van der Waals surface area contributed by atoms with Crippen LogP contribution in [0.3, 0.4) is 0 Å². The molecule has 20 heavy (non-hydrogen) atoms. The minimum absolute atomic E-state index is 0.214. The second-order valence-corrected chi connectivity index (χ2v) is 4.82. The summed E-state index contributed by atoms with van der Waals surface area (Å²) in [6.45, 7) is 13.2. The number of carboxylic acid groups (broad SMARTS) is 1. The van der Waals surface area contributed by atoms with E-state index >= 15 is 0 Å². The Labute approximate surface area is 121 Å². The molecule has 112 valence electrons. The quantitative estimate of drug-likeness (QED) is 0.702. The van der Waals surface area contributed by atoms with Crippen LogP contribution in [0.2, 0.25) is 0 Å². The van der Waals surface area contributed by atoms with E-state index in [4.69, 9.17) is 4.74 Å². The normalized spacial score (nSPS) is 28.7. The summed E-state index contributed by atoms with van der Waals surface area (Å²) in [4.78, 5) is 11.3. The summed E-state index contributed by atoms with van der Waals surface area (Å²) in [5, 5.41) is 12.4. The maximum absolute atomic E-state index is 11.3. The summed E-state index contributed by atoms with van der Waals surface area (Å²) in [6, 6.07) is -0.489. The lowest BCUT2D eigenvalue weighted by molar-refractivity contribution is -0.140. The second-order valence-electron chi connectivity index (χ2n) is 4.82. The van der Waals surface area contributed by atoms with E-state index in [2.05, 4.69) is 18.5 Å². The molecule has 0 aromatic carbocycles. The van der Waals surface area contributed by atoms with Crippen molar-refractivity contribution in [2.24, 2.45) is 17.8 Å². The van der Waals surface area contributed by atoms with Gasteiger partial charge in [0.25, 0.3) is 0 Å². The highest BCUT2D eigenvalue weighted by Crippen LogP contribution is 2.52. The molecular weight excluding hydrogens is 254 g/mol. The first-order chi connectivity index (χ1) is 9.69. The molecule has 0 aromatic rings. The van der Waals surface area contributed by atoms with Gasteiger partial charge >= 0.3 is 5.97 Å². The minimum Gasteiger partial charge on any atom is -0.480 e. The lowest BCUT2D eigenvalue weighted by atomic mass is 10.1. The van der Waals surface area contributed by atoms with Crippen molar-refractivity contribution in [3.05, 3.63) is 37.0 Å². The van der Waals surface area contributed by atoms with Crippen molar-refractivity contribution in [3.63, 3.8) is 0 Å². The summed E-state index contributed by atoms with van der Waals surface area (Å²) in [6.07, 6.45) is 5.22. The first-order valence-electron chi connectivity index (χ1n) is 7.17. The van der Waals surface area contributed by atoms with Crippen molar-refractivity contribution < 1.29 is 14.6 Å². The highest BCUT2D eigenvalue weighted by Gasteiger charge is 2.59. The predicted molar refractivity (Wildman–Crippen MR) is 80.5 cm³/mol. The van der Waals surface area contributed by atoms with E-state index in [0.717, 1.165) is 5.57 Å². The Morgan fingerprint density at radius 1 is 1.40 bits per heavy atom. The lowest BCUT2D eigenvalue weighted by Gasteiger charge is -2.16. The Hall–Kier alpha value is -1.39. The van der Waals surface area contributed by atoms with E-state index in [1.807, 2.05) is 19.9 Å². The molecule has 2 fully saturated rings. The number of rotatable bonds is 7. The van der Waals surface area contributed by atoms with Gasteiger partial charge in [-0.1, -0.05) is 45.2 Å². The molecule has 4 nitrogen and oxygen atoms in total. The SMILES string of the molecule is C=C/C=C(\C=C)CNC(C(=O)O)C1C2COCC21.CC. The minimum atomic E-state index is -0.781. The molecule has 0 aromatic heterocycles. The highest BCUT2D eigenvalue weighted by atomic mass is 16.5. The average Bonchev–Trinajstić information content (AvgIpc) is 2.91. The van der Waals surface area contributed by atoms with Gasteiger partial charge < -0.3 is 15.2 Å². The van der Waals surface area contributed by atoms with Gasteiger partial charge in [0.1, 0.15) is 6.04 Å². The molecule has 3 unspecified atom stereocenters. The number of aliphatic carboxylic acids is 1. The van der Waals surface area contributed by atoms with Gasteiger partial charge in [0, 0.05) is 6.54 Å². The number of carbonyl (C=O) groups is 1. The van der Waals surface area contributed by atoms with Gasteiger partial charge in [0.2, 0.25) is 0 Å². The molecule has 0 bridgehead atoms. The van der Waals surface area contributed by atoms with Crippen LogP contribution in [0, 0.1) is 17.8 Å². The fourth-order valence-electron chi connectivity index (χ4n) is 2.75. The lowest BCUT2D eigenvalue weighted by Crippen LogP contribution is -2.41.